The van der Waals surface area contributed by atoms with Crippen molar-refractivity contribution in [2.24, 2.45) is 0 Å². The van der Waals surface area contributed by atoms with Gasteiger partial charge in [-0.05, 0) is 61.4 Å². The quantitative estimate of drug-likeness (QED) is 0.759. The second-order valence-electron chi connectivity index (χ2n) is 6.27. The number of Topliss-reactive ketones (excluding diaryl/α,β-unsaturated/α-hetero) is 1. The number of ketones is 1. The molecule has 26 heavy (non-hydrogen) atoms. The van der Waals surface area contributed by atoms with Gasteiger partial charge in [0.15, 0.2) is 5.78 Å². The van der Waals surface area contributed by atoms with E-state index in [2.05, 4.69) is 5.32 Å². The van der Waals surface area contributed by atoms with Crippen LogP contribution in [0.25, 0.3) is 0 Å². The predicted octanol–water partition coefficient (Wildman–Crippen LogP) is 3.81. The van der Waals surface area contributed by atoms with E-state index < -0.39 is 10.0 Å². The maximum atomic E-state index is 12.6. The van der Waals surface area contributed by atoms with Crippen LogP contribution in [0.1, 0.15) is 29.6 Å². The van der Waals surface area contributed by atoms with Crippen LogP contribution in [0, 0.1) is 0 Å². The van der Waals surface area contributed by atoms with Gasteiger partial charge < -0.3 is 5.32 Å². The number of piperidine rings is 1. The lowest BCUT2D eigenvalue weighted by atomic mass is 10.1. The number of hydrogen-bond acceptors (Lipinski definition) is 4. The average Bonchev–Trinajstić information content (AvgIpc) is 2.67. The number of hydrogen-bond donors (Lipinski definition) is 1. The summed E-state index contributed by atoms with van der Waals surface area (Å²) in [7, 11) is -3.43. The molecule has 3 rings (SSSR count). The van der Waals surface area contributed by atoms with Crippen LogP contribution in [-0.4, -0.2) is 38.1 Å². The molecule has 0 spiro atoms. The van der Waals surface area contributed by atoms with Crippen molar-refractivity contribution in [3.8, 4) is 0 Å². The summed E-state index contributed by atoms with van der Waals surface area (Å²) in [4.78, 5) is 12.4. The number of nitrogens with zero attached hydrogens (tertiary/aromatic N) is 1. The van der Waals surface area contributed by atoms with Gasteiger partial charge in [-0.25, -0.2) is 8.42 Å². The van der Waals surface area contributed by atoms with Crippen LogP contribution in [0.5, 0.6) is 0 Å². The van der Waals surface area contributed by atoms with Gasteiger partial charge in [0.25, 0.3) is 0 Å². The summed E-state index contributed by atoms with van der Waals surface area (Å²) in [6, 6.07) is 13.3. The molecule has 0 aliphatic carbocycles. The highest BCUT2D eigenvalue weighted by Crippen LogP contribution is 2.22. The topological polar surface area (TPSA) is 66.5 Å². The molecule has 2 aromatic rings. The van der Waals surface area contributed by atoms with E-state index in [4.69, 9.17) is 11.6 Å². The number of carbonyl (C=O) groups excluding carboxylic acids is 1. The van der Waals surface area contributed by atoms with Crippen molar-refractivity contribution in [1.82, 2.24) is 4.31 Å². The Hall–Kier alpha value is -1.89. The van der Waals surface area contributed by atoms with Crippen molar-refractivity contribution in [2.45, 2.75) is 24.2 Å². The molecular formula is C19H21ClN2O3S. The summed E-state index contributed by atoms with van der Waals surface area (Å²) in [5, 5.41) is 3.61. The van der Waals surface area contributed by atoms with Gasteiger partial charge >= 0.3 is 0 Å². The first-order valence-electron chi connectivity index (χ1n) is 8.60. The number of halogens is 1. The normalized spacial score (nSPS) is 15.6. The molecule has 0 atom stereocenters. The fourth-order valence-corrected chi connectivity index (χ4v) is 4.56. The molecule has 0 saturated carbocycles. The molecule has 1 aliphatic heterocycles. The first-order valence-corrected chi connectivity index (χ1v) is 10.4. The number of benzene rings is 2. The Labute approximate surface area is 159 Å². The van der Waals surface area contributed by atoms with Crippen LogP contribution >= 0.6 is 11.6 Å². The average molecular weight is 393 g/mol. The summed E-state index contributed by atoms with van der Waals surface area (Å²) in [6.45, 7) is 1.29. The van der Waals surface area contributed by atoms with Crippen molar-refractivity contribution in [1.29, 1.82) is 0 Å². The first kappa shape index (κ1) is 18.9. The highest BCUT2D eigenvalue weighted by molar-refractivity contribution is 7.89. The zero-order valence-electron chi connectivity index (χ0n) is 14.3. The van der Waals surface area contributed by atoms with Crippen LogP contribution in [0.2, 0.25) is 5.02 Å². The van der Waals surface area contributed by atoms with E-state index in [0.29, 0.717) is 29.4 Å². The molecule has 7 heteroatoms. The SMILES string of the molecule is O=C(CNc1ccc(S(=O)(=O)N2CCCCC2)cc1)c1ccc(Cl)cc1. The highest BCUT2D eigenvalue weighted by Gasteiger charge is 2.25. The van der Waals surface area contributed by atoms with Gasteiger partial charge in [0.05, 0.1) is 11.4 Å². The molecule has 0 aromatic heterocycles. The Morgan fingerprint density at radius 2 is 1.58 bits per heavy atom. The van der Waals surface area contributed by atoms with Gasteiger partial charge in [-0.15, -0.1) is 0 Å². The lowest BCUT2D eigenvalue weighted by Gasteiger charge is -2.25. The zero-order valence-corrected chi connectivity index (χ0v) is 15.9. The number of anilines is 1. The maximum Gasteiger partial charge on any atom is 0.243 e. The van der Waals surface area contributed by atoms with Crippen molar-refractivity contribution < 1.29 is 13.2 Å². The molecule has 1 saturated heterocycles. The van der Waals surface area contributed by atoms with Crippen LogP contribution in [0.15, 0.2) is 53.4 Å². The summed E-state index contributed by atoms with van der Waals surface area (Å²) in [6.07, 6.45) is 2.90. The molecule has 0 amide bonds. The van der Waals surface area contributed by atoms with Crippen LogP contribution < -0.4 is 5.32 Å². The predicted molar refractivity (Wildman–Crippen MR) is 103 cm³/mol. The van der Waals surface area contributed by atoms with Crippen molar-refractivity contribution >= 4 is 33.1 Å². The molecule has 0 bridgehead atoms. The largest absolute Gasteiger partial charge is 0.378 e. The molecule has 138 valence electrons. The molecule has 1 fully saturated rings. The van der Waals surface area contributed by atoms with E-state index >= 15 is 0 Å². The fourth-order valence-electron chi connectivity index (χ4n) is 2.92. The lowest BCUT2D eigenvalue weighted by Crippen LogP contribution is -2.35. The number of nitrogens with one attached hydrogen (secondary N) is 1. The van der Waals surface area contributed by atoms with E-state index in [1.54, 1.807) is 52.8 Å². The summed E-state index contributed by atoms with van der Waals surface area (Å²) < 4.78 is 26.8. The third kappa shape index (κ3) is 4.44. The van der Waals surface area contributed by atoms with Gasteiger partial charge in [-0.2, -0.15) is 4.31 Å². The molecule has 0 unspecified atom stereocenters. The third-order valence-corrected chi connectivity index (χ3v) is 6.59. The van der Waals surface area contributed by atoms with E-state index in [9.17, 15) is 13.2 Å². The molecule has 1 heterocycles. The van der Waals surface area contributed by atoms with Crippen LogP contribution in [0.4, 0.5) is 5.69 Å². The monoisotopic (exact) mass is 392 g/mol. The minimum Gasteiger partial charge on any atom is -0.378 e. The Balaban J connectivity index is 1.62. The van der Waals surface area contributed by atoms with Gasteiger partial charge in [-0.3, -0.25) is 4.79 Å². The first-order chi connectivity index (χ1) is 12.5. The van der Waals surface area contributed by atoms with Gasteiger partial charge in [0, 0.05) is 29.4 Å². The van der Waals surface area contributed by atoms with E-state index in [1.807, 2.05) is 0 Å². The Kier molecular flexibility index (Phi) is 5.96. The molecular weight excluding hydrogens is 372 g/mol. The van der Waals surface area contributed by atoms with Crippen molar-refractivity contribution in [3.05, 3.63) is 59.1 Å². The molecule has 1 N–H and O–H groups in total. The Morgan fingerprint density at radius 1 is 0.962 bits per heavy atom. The van der Waals surface area contributed by atoms with Gasteiger partial charge in [-0.1, -0.05) is 18.0 Å². The Morgan fingerprint density at radius 3 is 2.19 bits per heavy atom. The maximum absolute atomic E-state index is 12.6. The van der Waals surface area contributed by atoms with Crippen molar-refractivity contribution in [3.63, 3.8) is 0 Å². The van der Waals surface area contributed by atoms with E-state index in [1.165, 1.54) is 0 Å². The standard InChI is InChI=1S/C19H21ClN2O3S/c20-16-6-4-15(5-7-16)19(23)14-21-17-8-10-18(11-9-17)26(24,25)22-12-2-1-3-13-22/h4-11,21H,1-3,12-14H2. The zero-order chi connectivity index (χ0) is 18.6. The van der Waals surface area contributed by atoms with Crippen LogP contribution in [0.3, 0.4) is 0 Å². The second kappa shape index (κ2) is 8.20. The van der Waals surface area contributed by atoms with Crippen LogP contribution in [-0.2, 0) is 10.0 Å². The summed E-state index contributed by atoms with van der Waals surface area (Å²) in [5.41, 5.74) is 1.27. The fraction of sp³-hybridized carbons (Fsp3) is 0.316. The second-order valence-corrected chi connectivity index (χ2v) is 8.65. The minimum atomic E-state index is -3.43. The molecule has 5 nitrogen and oxygen atoms in total. The summed E-state index contributed by atoms with van der Waals surface area (Å²) in [5.74, 6) is -0.0633. The highest BCUT2D eigenvalue weighted by atomic mass is 35.5. The number of rotatable bonds is 6. The smallest absolute Gasteiger partial charge is 0.243 e. The summed E-state index contributed by atoms with van der Waals surface area (Å²) >= 11 is 5.82. The minimum absolute atomic E-state index is 0.0633. The lowest BCUT2D eigenvalue weighted by molar-refractivity contribution is 0.101. The molecule has 1 aliphatic rings. The van der Waals surface area contributed by atoms with Gasteiger partial charge in [0.2, 0.25) is 10.0 Å². The van der Waals surface area contributed by atoms with E-state index in [-0.39, 0.29) is 17.2 Å². The van der Waals surface area contributed by atoms with Gasteiger partial charge in [0.1, 0.15) is 0 Å². The number of sulfonamides is 1. The van der Waals surface area contributed by atoms with E-state index in [0.717, 1.165) is 19.3 Å². The Bertz CT molecular complexity index is 859. The molecule has 2 aromatic carbocycles. The third-order valence-electron chi connectivity index (χ3n) is 4.43. The molecule has 0 radical (unpaired) electrons. The number of carbonyl (C=O) groups is 1. The van der Waals surface area contributed by atoms with Crippen molar-refractivity contribution in [2.75, 3.05) is 25.0 Å².